The lowest BCUT2D eigenvalue weighted by Crippen LogP contribution is -2.25. The fraction of sp³-hybridized carbons (Fsp3) is 0.538. The first-order valence-electron chi connectivity index (χ1n) is 5.87. The molecule has 1 aromatic carbocycles. The molecule has 1 fully saturated rings. The molecule has 0 bridgehead atoms. The SMILES string of the molecule is OCC(COc1ccccc1Br)C1CCSC1. The van der Waals surface area contributed by atoms with Crippen molar-refractivity contribution in [1.29, 1.82) is 0 Å². The fourth-order valence-corrected chi connectivity index (χ4v) is 3.80. The lowest BCUT2D eigenvalue weighted by Gasteiger charge is -2.21. The zero-order chi connectivity index (χ0) is 12.1. The summed E-state index contributed by atoms with van der Waals surface area (Å²) in [7, 11) is 0. The summed E-state index contributed by atoms with van der Waals surface area (Å²) in [5.74, 6) is 4.10. The minimum atomic E-state index is 0.218. The number of rotatable bonds is 5. The average molecular weight is 317 g/mol. The van der Waals surface area contributed by atoms with Gasteiger partial charge in [-0.1, -0.05) is 12.1 Å². The number of aliphatic hydroxyl groups excluding tert-OH is 1. The summed E-state index contributed by atoms with van der Waals surface area (Å²) in [6, 6.07) is 7.84. The van der Waals surface area contributed by atoms with E-state index >= 15 is 0 Å². The normalized spacial score (nSPS) is 21.4. The van der Waals surface area contributed by atoms with Crippen molar-refractivity contribution >= 4 is 27.7 Å². The van der Waals surface area contributed by atoms with E-state index in [1.165, 1.54) is 12.2 Å². The molecule has 4 heteroatoms. The van der Waals surface area contributed by atoms with Gasteiger partial charge >= 0.3 is 0 Å². The molecule has 17 heavy (non-hydrogen) atoms. The second-order valence-electron chi connectivity index (χ2n) is 4.31. The van der Waals surface area contributed by atoms with Crippen molar-refractivity contribution in [3.05, 3.63) is 28.7 Å². The summed E-state index contributed by atoms with van der Waals surface area (Å²) in [6.07, 6.45) is 1.20. The number of halogens is 1. The molecule has 1 heterocycles. The van der Waals surface area contributed by atoms with Crippen LogP contribution < -0.4 is 4.74 Å². The molecule has 0 saturated carbocycles. The van der Waals surface area contributed by atoms with Crippen LogP contribution in [0.25, 0.3) is 0 Å². The average Bonchev–Trinajstić information content (AvgIpc) is 2.86. The van der Waals surface area contributed by atoms with Gasteiger partial charge in [-0.3, -0.25) is 0 Å². The maximum Gasteiger partial charge on any atom is 0.133 e. The van der Waals surface area contributed by atoms with Gasteiger partial charge in [0.15, 0.2) is 0 Å². The van der Waals surface area contributed by atoms with Crippen LogP contribution in [0.1, 0.15) is 6.42 Å². The van der Waals surface area contributed by atoms with E-state index in [9.17, 15) is 5.11 Å². The highest BCUT2D eigenvalue weighted by atomic mass is 79.9. The van der Waals surface area contributed by atoms with Gasteiger partial charge in [-0.2, -0.15) is 11.8 Å². The zero-order valence-electron chi connectivity index (χ0n) is 9.64. The summed E-state index contributed by atoms with van der Waals surface area (Å²) in [4.78, 5) is 0. The van der Waals surface area contributed by atoms with Crippen LogP contribution in [-0.4, -0.2) is 29.8 Å². The largest absolute Gasteiger partial charge is 0.492 e. The molecule has 94 valence electrons. The van der Waals surface area contributed by atoms with Crippen molar-refractivity contribution in [3.63, 3.8) is 0 Å². The molecule has 0 aromatic heterocycles. The third kappa shape index (κ3) is 3.63. The van der Waals surface area contributed by atoms with Crippen LogP contribution >= 0.6 is 27.7 Å². The minimum Gasteiger partial charge on any atom is -0.492 e. The zero-order valence-corrected chi connectivity index (χ0v) is 12.0. The third-order valence-corrected chi connectivity index (χ3v) is 5.00. The Hall–Kier alpha value is -0.190. The molecule has 1 saturated heterocycles. The molecule has 2 rings (SSSR count). The van der Waals surface area contributed by atoms with Crippen LogP contribution in [0.4, 0.5) is 0 Å². The number of hydrogen-bond donors (Lipinski definition) is 1. The van der Waals surface area contributed by atoms with Gasteiger partial charge in [-0.25, -0.2) is 0 Å². The Bertz CT molecular complexity index is 353. The topological polar surface area (TPSA) is 29.5 Å². The first-order chi connectivity index (χ1) is 8.31. The highest BCUT2D eigenvalue weighted by molar-refractivity contribution is 9.10. The van der Waals surface area contributed by atoms with Gasteiger partial charge in [-0.05, 0) is 51.9 Å². The van der Waals surface area contributed by atoms with Crippen molar-refractivity contribution in [2.24, 2.45) is 11.8 Å². The van der Waals surface area contributed by atoms with E-state index in [-0.39, 0.29) is 12.5 Å². The molecule has 0 aliphatic carbocycles. The van der Waals surface area contributed by atoms with Crippen LogP contribution in [-0.2, 0) is 0 Å². The Morgan fingerprint density at radius 2 is 2.29 bits per heavy atom. The number of thioether (sulfide) groups is 1. The van der Waals surface area contributed by atoms with E-state index in [0.717, 1.165) is 16.0 Å². The van der Waals surface area contributed by atoms with Crippen molar-refractivity contribution in [2.45, 2.75) is 6.42 Å². The van der Waals surface area contributed by atoms with Crippen molar-refractivity contribution in [2.75, 3.05) is 24.7 Å². The van der Waals surface area contributed by atoms with Gasteiger partial charge in [0, 0.05) is 12.5 Å². The molecule has 1 N–H and O–H groups in total. The number of para-hydroxylation sites is 1. The van der Waals surface area contributed by atoms with Crippen LogP contribution in [0.15, 0.2) is 28.7 Å². The molecular weight excluding hydrogens is 300 g/mol. The van der Waals surface area contributed by atoms with Gasteiger partial charge in [0.1, 0.15) is 5.75 Å². The second kappa shape index (κ2) is 6.66. The quantitative estimate of drug-likeness (QED) is 0.904. The number of hydrogen-bond acceptors (Lipinski definition) is 3. The van der Waals surface area contributed by atoms with E-state index in [0.29, 0.717) is 12.5 Å². The number of benzene rings is 1. The molecule has 2 atom stereocenters. The molecule has 0 amide bonds. The maximum absolute atomic E-state index is 9.43. The van der Waals surface area contributed by atoms with Gasteiger partial charge in [0.25, 0.3) is 0 Å². The molecule has 2 unspecified atom stereocenters. The number of ether oxygens (including phenoxy) is 1. The van der Waals surface area contributed by atoms with E-state index in [1.807, 2.05) is 36.0 Å². The van der Waals surface area contributed by atoms with Gasteiger partial charge in [0.2, 0.25) is 0 Å². The third-order valence-electron chi connectivity index (χ3n) is 3.16. The minimum absolute atomic E-state index is 0.218. The molecule has 0 radical (unpaired) electrons. The summed E-state index contributed by atoms with van der Waals surface area (Å²) in [5, 5.41) is 9.43. The molecule has 1 aromatic rings. The van der Waals surface area contributed by atoms with Crippen molar-refractivity contribution < 1.29 is 9.84 Å². The van der Waals surface area contributed by atoms with Crippen molar-refractivity contribution in [3.8, 4) is 5.75 Å². The van der Waals surface area contributed by atoms with E-state index in [4.69, 9.17) is 4.74 Å². The van der Waals surface area contributed by atoms with Crippen LogP contribution in [0.2, 0.25) is 0 Å². The van der Waals surface area contributed by atoms with E-state index in [2.05, 4.69) is 15.9 Å². The predicted molar refractivity (Wildman–Crippen MR) is 75.6 cm³/mol. The smallest absolute Gasteiger partial charge is 0.133 e. The number of aliphatic hydroxyl groups is 1. The molecule has 2 nitrogen and oxygen atoms in total. The standard InChI is InChI=1S/C13H17BrO2S/c14-12-3-1-2-4-13(12)16-8-11(7-15)10-5-6-17-9-10/h1-4,10-11,15H,5-9H2. The summed E-state index contributed by atoms with van der Waals surface area (Å²) in [5.41, 5.74) is 0. The van der Waals surface area contributed by atoms with E-state index in [1.54, 1.807) is 0 Å². The summed E-state index contributed by atoms with van der Waals surface area (Å²) < 4.78 is 6.76. The molecular formula is C13H17BrO2S. The first kappa shape index (κ1) is 13.2. The van der Waals surface area contributed by atoms with Crippen molar-refractivity contribution in [1.82, 2.24) is 0 Å². The molecule has 1 aliphatic rings. The Balaban J connectivity index is 1.89. The summed E-state index contributed by atoms with van der Waals surface area (Å²) in [6.45, 7) is 0.819. The second-order valence-corrected chi connectivity index (χ2v) is 6.31. The van der Waals surface area contributed by atoms with E-state index < -0.39 is 0 Å². The lowest BCUT2D eigenvalue weighted by atomic mass is 9.93. The highest BCUT2D eigenvalue weighted by Gasteiger charge is 2.25. The fourth-order valence-electron chi connectivity index (χ4n) is 2.02. The van der Waals surface area contributed by atoms with Gasteiger partial charge < -0.3 is 9.84 Å². The summed E-state index contributed by atoms with van der Waals surface area (Å²) >= 11 is 5.43. The van der Waals surface area contributed by atoms with Crippen LogP contribution in [0.3, 0.4) is 0 Å². The monoisotopic (exact) mass is 316 g/mol. The van der Waals surface area contributed by atoms with Gasteiger partial charge in [0.05, 0.1) is 11.1 Å². The Labute approximate surface area is 115 Å². The van der Waals surface area contributed by atoms with Gasteiger partial charge in [-0.15, -0.1) is 0 Å². The highest BCUT2D eigenvalue weighted by Crippen LogP contribution is 2.31. The first-order valence-corrected chi connectivity index (χ1v) is 7.82. The Morgan fingerprint density at radius 1 is 1.47 bits per heavy atom. The van der Waals surface area contributed by atoms with Crippen LogP contribution in [0.5, 0.6) is 5.75 Å². The molecule has 1 aliphatic heterocycles. The van der Waals surface area contributed by atoms with Crippen LogP contribution in [0, 0.1) is 11.8 Å². The lowest BCUT2D eigenvalue weighted by molar-refractivity contribution is 0.125. The molecule has 0 spiro atoms. The Morgan fingerprint density at radius 3 is 2.94 bits per heavy atom. The Kier molecular flexibility index (Phi) is 5.19. The predicted octanol–water partition coefficient (Wildman–Crippen LogP) is 3.19. The maximum atomic E-state index is 9.43.